The molecule has 5 heteroatoms. The van der Waals surface area contributed by atoms with Gasteiger partial charge in [0.1, 0.15) is 34.5 Å². The number of ketones is 2. The van der Waals surface area contributed by atoms with E-state index < -0.39 is 0 Å². The van der Waals surface area contributed by atoms with Gasteiger partial charge in [0.05, 0.1) is 0 Å². The molecule has 0 bridgehead atoms. The van der Waals surface area contributed by atoms with Crippen LogP contribution in [0.3, 0.4) is 0 Å². The van der Waals surface area contributed by atoms with Crippen molar-refractivity contribution >= 4 is 33.4 Å². The van der Waals surface area contributed by atoms with E-state index in [1.807, 2.05) is 24.3 Å². The second-order valence-electron chi connectivity index (χ2n) is 9.16. The fourth-order valence-electron chi connectivity index (χ4n) is 5.58. The Balaban J connectivity index is 1.20. The number of rotatable bonds is 4. The van der Waals surface area contributed by atoms with Crippen molar-refractivity contribution in [2.75, 3.05) is 23.0 Å². The number of carbonyl (C=O) groups excluding carboxylic acids is 2. The first kappa shape index (κ1) is 19.9. The average molecular weight is 453 g/mol. The van der Waals surface area contributed by atoms with Crippen LogP contribution >= 0.6 is 0 Å². The van der Waals surface area contributed by atoms with E-state index in [2.05, 4.69) is 12.1 Å². The summed E-state index contributed by atoms with van der Waals surface area (Å²) in [5, 5.41) is 0.387. The molecule has 2 aliphatic carbocycles. The first-order valence-electron chi connectivity index (χ1n) is 11.5. The van der Waals surface area contributed by atoms with E-state index in [9.17, 15) is 9.59 Å². The minimum absolute atomic E-state index is 0.193. The minimum Gasteiger partial charge on any atom is -0.457 e. The summed E-state index contributed by atoms with van der Waals surface area (Å²) in [6, 6.07) is 11.9. The minimum atomic E-state index is 0.193. The van der Waals surface area contributed by atoms with E-state index in [-0.39, 0.29) is 32.3 Å². The fraction of sp³-hybridized carbons (Fsp3) is 0.462. The molecule has 0 aromatic heterocycles. The average Bonchev–Trinajstić information content (AvgIpc) is 3.57. The Bertz CT molecular complexity index is 967. The van der Waals surface area contributed by atoms with Crippen molar-refractivity contribution in [1.29, 1.82) is 0 Å². The Morgan fingerprint density at radius 1 is 0.645 bits per heavy atom. The highest BCUT2D eigenvalue weighted by Crippen LogP contribution is 2.37. The summed E-state index contributed by atoms with van der Waals surface area (Å²) in [7, 11) is 0.521. The number of fused-ring (bicyclic) bond motifs is 2. The lowest BCUT2D eigenvalue weighted by molar-refractivity contribution is 0.0991. The van der Waals surface area contributed by atoms with Gasteiger partial charge in [-0.1, -0.05) is 12.1 Å². The van der Waals surface area contributed by atoms with Crippen molar-refractivity contribution in [3.05, 3.63) is 58.7 Å². The van der Waals surface area contributed by atoms with Crippen LogP contribution in [0.4, 0.5) is 0 Å². The highest BCUT2D eigenvalue weighted by Gasteiger charge is 2.45. The molecule has 3 nitrogen and oxygen atoms in total. The van der Waals surface area contributed by atoms with Crippen molar-refractivity contribution in [3.63, 3.8) is 0 Å². The van der Waals surface area contributed by atoms with Crippen LogP contribution in [-0.2, 0) is 34.6 Å². The lowest BCUT2D eigenvalue weighted by atomic mass is 10.1. The van der Waals surface area contributed by atoms with Crippen LogP contribution in [0.1, 0.15) is 57.5 Å². The molecule has 4 aliphatic rings. The number of ether oxygens (including phenoxy) is 1. The van der Waals surface area contributed by atoms with Gasteiger partial charge in [-0.3, -0.25) is 9.59 Å². The van der Waals surface area contributed by atoms with Crippen molar-refractivity contribution in [3.8, 4) is 11.5 Å². The number of benzene rings is 2. The molecule has 2 heterocycles. The monoisotopic (exact) mass is 452 g/mol. The van der Waals surface area contributed by atoms with Gasteiger partial charge in [0.2, 0.25) is 11.6 Å². The van der Waals surface area contributed by atoms with Crippen LogP contribution < -0.4 is 4.74 Å². The largest absolute Gasteiger partial charge is 0.457 e. The normalized spacial score (nSPS) is 25.9. The molecule has 31 heavy (non-hydrogen) atoms. The zero-order valence-corrected chi connectivity index (χ0v) is 19.4. The molecule has 2 unspecified atom stereocenters. The van der Waals surface area contributed by atoms with Gasteiger partial charge in [-0.2, -0.15) is 0 Å². The molecule has 2 aromatic carbocycles. The van der Waals surface area contributed by atoms with Gasteiger partial charge < -0.3 is 4.74 Å². The van der Waals surface area contributed by atoms with E-state index in [1.54, 1.807) is 0 Å². The molecule has 160 valence electrons. The summed E-state index contributed by atoms with van der Waals surface area (Å²) in [6.07, 6.45) is 6.89. The van der Waals surface area contributed by atoms with Crippen LogP contribution in [0.25, 0.3) is 0 Å². The summed E-state index contributed by atoms with van der Waals surface area (Å²) >= 11 is 0. The highest BCUT2D eigenvalue weighted by atomic mass is 32.2. The van der Waals surface area contributed by atoms with E-state index in [4.69, 9.17) is 4.74 Å². The number of Topliss-reactive ketones (excluding diaryl/α,β-unsaturated/α-hetero) is 2. The van der Waals surface area contributed by atoms with E-state index in [0.717, 1.165) is 24.0 Å². The molecule has 6 rings (SSSR count). The quantitative estimate of drug-likeness (QED) is 0.641. The SMILES string of the molecule is O=C1c2cc(Oc3ccc4c(c3)C(=O)C([S+]3CCCC3)C4)ccc2CC1[S+]1CCCC1. The molecule has 0 radical (unpaired) electrons. The highest BCUT2D eigenvalue weighted by molar-refractivity contribution is 7.98. The molecule has 0 amide bonds. The molecule has 2 aromatic rings. The first-order valence-corrected chi connectivity index (χ1v) is 14.8. The summed E-state index contributed by atoms with van der Waals surface area (Å²) < 4.78 is 6.15. The van der Waals surface area contributed by atoms with Crippen molar-refractivity contribution < 1.29 is 14.3 Å². The third-order valence-corrected chi connectivity index (χ3v) is 12.9. The first-order chi connectivity index (χ1) is 15.2. The maximum Gasteiger partial charge on any atom is 0.215 e. The Morgan fingerprint density at radius 3 is 1.48 bits per heavy atom. The molecule has 0 N–H and O–H groups in total. The third kappa shape index (κ3) is 3.54. The second-order valence-corrected chi connectivity index (χ2v) is 14.1. The maximum atomic E-state index is 13.1. The van der Waals surface area contributed by atoms with Crippen LogP contribution in [0.2, 0.25) is 0 Å². The molecule has 2 saturated heterocycles. The molecular weight excluding hydrogens is 424 g/mol. The van der Waals surface area contributed by atoms with E-state index in [0.29, 0.717) is 23.1 Å². The van der Waals surface area contributed by atoms with Gasteiger partial charge in [-0.05, 0) is 82.9 Å². The maximum absolute atomic E-state index is 13.1. The Kier molecular flexibility index (Phi) is 5.14. The summed E-state index contributed by atoms with van der Waals surface area (Å²) in [4.78, 5) is 26.1. The lowest BCUT2D eigenvalue weighted by Crippen LogP contribution is -2.28. The van der Waals surface area contributed by atoms with Crippen molar-refractivity contribution in [2.45, 2.75) is 49.0 Å². The predicted molar refractivity (Wildman–Crippen MR) is 129 cm³/mol. The Morgan fingerprint density at radius 2 is 1.06 bits per heavy atom. The second kappa shape index (κ2) is 8.00. The van der Waals surface area contributed by atoms with Crippen LogP contribution in [0.5, 0.6) is 11.5 Å². The number of hydrogen-bond donors (Lipinski definition) is 0. The fourth-order valence-corrected chi connectivity index (χ4v) is 11.1. The third-order valence-electron chi connectivity index (χ3n) is 7.26. The molecule has 2 atom stereocenters. The standard InChI is InChI=1S/C26H28O3S2/c27-25-21-15-19(7-5-17(21)13-23(25)30-9-1-2-10-30)29-20-8-6-18-14-24(26(28)22(18)16-20)31-11-3-4-12-31/h5-8,15-16,23-24H,1-4,9-14H2/q+2. The van der Waals surface area contributed by atoms with E-state index in [1.165, 1.54) is 59.8 Å². The van der Waals surface area contributed by atoms with Gasteiger partial charge >= 0.3 is 0 Å². The van der Waals surface area contributed by atoms with Gasteiger partial charge in [-0.25, -0.2) is 0 Å². The summed E-state index contributed by atoms with van der Waals surface area (Å²) in [5.74, 6) is 6.91. The topological polar surface area (TPSA) is 43.4 Å². The van der Waals surface area contributed by atoms with Gasteiger partial charge in [0, 0.05) is 24.0 Å². The van der Waals surface area contributed by atoms with Gasteiger partial charge in [0.25, 0.3) is 0 Å². The Hall–Kier alpha value is -1.72. The summed E-state index contributed by atoms with van der Waals surface area (Å²) in [6.45, 7) is 0. The smallest absolute Gasteiger partial charge is 0.215 e. The number of hydrogen-bond acceptors (Lipinski definition) is 3. The zero-order valence-electron chi connectivity index (χ0n) is 17.7. The molecule has 0 saturated carbocycles. The summed E-state index contributed by atoms with van der Waals surface area (Å²) in [5.41, 5.74) is 4.04. The predicted octanol–water partition coefficient (Wildman–Crippen LogP) is 4.52. The number of carbonyl (C=O) groups is 2. The lowest BCUT2D eigenvalue weighted by Gasteiger charge is -2.08. The van der Waals surface area contributed by atoms with Crippen molar-refractivity contribution in [2.24, 2.45) is 0 Å². The van der Waals surface area contributed by atoms with Crippen LogP contribution in [0.15, 0.2) is 36.4 Å². The van der Waals surface area contributed by atoms with Crippen LogP contribution in [0, 0.1) is 0 Å². The molecule has 0 spiro atoms. The molecule has 2 fully saturated rings. The molecular formula is C26H28O3S2+2. The Labute approximate surface area is 189 Å². The molecule has 2 aliphatic heterocycles. The van der Waals surface area contributed by atoms with Gasteiger partial charge in [-0.15, -0.1) is 0 Å². The van der Waals surface area contributed by atoms with Crippen molar-refractivity contribution in [1.82, 2.24) is 0 Å². The zero-order chi connectivity index (χ0) is 20.9. The van der Waals surface area contributed by atoms with Gasteiger partial charge in [0.15, 0.2) is 10.5 Å². The van der Waals surface area contributed by atoms with E-state index >= 15 is 0 Å². The van der Waals surface area contributed by atoms with Crippen LogP contribution in [-0.4, -0.2) is 45.1 Å².